The summed E-state index contributed by atoms with van der Waals surface area (Å²) in [6, 6.07) is 30.1. The number of amides is 3. The minimum atomic E-state index is -0.277. The molecule has 2 atom stereocenters. The van der Waals surface area contributed by atoms with Crippen LogP contribution < -0.4 is 19.9 Å². The van der Waals surface area contributed by atoms with Gasteiger partial charge in [-0.15, -0.1) is 0 Å². The Hall–Kier alpha value is -4.58. The van der Waals surface area contributed by atoms with Gasteiger partial charge in [-0.25, -0.2) is 4.79 Å². The second-order valence-corrected chi connectivity index (χ2v) is 10.1. The van der Waals surface area contributed by atoms with Crippen molar-refractivity contribution in [1.29, 1.82) is 0 Å². The molecule has 0 bridgehead atoms. The molecular formula is C33H33N3O3. The molecule has 39 heavy (non-hydrogen) atoms. The Morgan fingerprint density at radius 1 is 0.872 bits per heavy atom. The second kappa shape index (κ2) is 11.0. The summed E-state index contributed by atoms with van der Waals surface area (Å²) in [6.45, 7) is 6.10. The third-order valence-corrected chi connectivity index (χ3v) is 7.23. The number of fused-ring (bicyclic) bond motifs is 1. The third kappa shape index (κ3) is 5.36. The first kappa shape index (κ1) is 26.0. The zero-order chi connectivity index (χ0) is 27.5. The molecule has 1 aliphatic heterocycles. The molecule has 198 valence electrons. The van der Waals surface area contributed by atoms with Crippen LogP contribution in [0.15, 0.2) is 97.1 Å². The SMILES string of the molecule is COc1ccc(C(=O)N2c3ccc(C)cc3[C@H](N(C(=O)Nc3ccccc3)c3ccc(C)cc3)C[C@@H]2C)cc1. The van der Waals surface area contributed by atoms with E-state index in [1.165, 1.54) is 0 Å². The molecule has 6 nitrogen and oxygen atoms in total. The van der Waals surface area contributed by atoms with E-state index in [-0.39, 0.29) is 24.0 Å². The zero-order valence-electron chi connectivity index (χ0n) is 22.7. The van der Waals surface area contributed by atoms with Gasteiger partial charge in [0.05, 0.1) is 13.2 Å². The Bertz CT molecular complexity index is 1470. The van der Waals surface area contributed by atoms with Crippen LogP contribution in [0, 0.1) is 13.8 Å². The van der Waals surface area contributed by atoms with Crippen LogP contribution in [0.25, 0.3) is 0 Å². The van der Waals surface area contributed by atoms with Crippen LogP contribution in [0.1, 0.15) is 46.4 Å². The minimum absolute atomic E-state index is 0.0793. The van der Waals surface area contributed by atoms with Gasteiger partial charge in [0.25, 0.3) is 5.91 Å². The van der Waals surface area contributed by atoms with Crippen molar-refractivity contribution in [2.75, 3.05) is 22.2 Å². The lowest BCUT2D eigenvalue weighted by Gasteiger charge is -2.43. The number of nitrogens with one attached hydrogen (secondary N) is 1. The fourth-order valence-electron chi connectivity index (χ4n) is 5.23. The van der Waals surface area contributed by atoms with Crippen molar-refractivity contribution in [3.05, 3.63) is 119 Å². The number of para-hydroxylation sites is 1. The Morgan fingerprint density at radius 2 is 1.54 bits per heavy atom. The summed E-state index contributed by atoms with van der Waals surface area (Å²) in [5.41, 5.74) is 6.06. The molecule has 3 amide bonds. The van der Waals surface area contributed by atoms with Crippen LogP contribution in [-0.2, 0) is 0 Å². The van der Waals surface area contributed by atoms with Crippen LogP contribution in [0.4, 0.5) is 21.9 Å². The van der Waals surface area contributed by atoms with Crippen molar-refractivity contribution in [2.45, 2.75) is 39.3 Å². The Morgan fingerprint density at radius 3 is 2.21 bits per heavy atom. The molecule has 0 spiro atoms. The van der Waals surface area contributed by atoms with E-state index < -0.39 is 0 Å². The van der Waals surface area contributed by atoms with Crippen LogP contribution >= 0.6 is 0 Å². The van der Waals surface area contributed by atoms with Gasteiger partial charge in [-0.3, -0.25) is 9.69 Å². The highest BCUT2D eigenvalue weighted by Gasteiger charge is 2.39. The van der Waals surface area contributed by atoms with Crippen LogP contribution in [0.5, 0.6) is 5.75 Å². The monoisotopic (exact) mass is 519 g/mol. The molecule has 0 saturated carbocycles. The number of ether oxygens (including phenoxy) is 1. The summed E-state index contributed by atoms with van der Waals surface area (Å²) >= 11 is 0. The summed E-state index contributed by atoms with van der Waals surface area (Å²) < 4.78 is 5.27. The summed E-state index contributed by atoms with van der Waals surface area (Å²) in [5, 5.41) is 3.08. The van der Waals surface area contributed by atoms with E-state index in [1.54, 1.807) is 31.4 Å². The lowest BCUT2D eigenvalue weighted by molar-refractivity contribution is 0.0973. The normalized spacial score (nSPS) is 16.3. The number of hydrogen-bond acceptors (Lipinski definition) is 3. The first-order chi connectivity index (χ1) is 18.9. The fraction of sp³-hybridized carbons (Fsp3) is 0.212. The summed E-state index contributed by atoms with van der Waals surface area (Å²) in [5.74, 6) is 0.622. The molecule has 1 aliphatic rings. The molecule has 1 N–H and O–H groups in total. The number of carbonyl (C=O) groups is 2. The predicted molar refractivity (Wildman–Crippen MR) is 157 cm³/mol. The van der Waals surface area contributed by atoms with E-state index >= 15 is 0 Å². The van der Waals surface area contributed by atoms with E-state index in [1.807, 2.05) is 97.3 Å². The van der Waals surface area contributed by atoms with E-state index in [9.17, 15) is 9.59 Å². The zero-order valence-corrected chi connectivity index (χ0v) is 22.7. The number of methoxy groups -OCH3 is 1. The van der Waals surface area contributed by atoms with Crippen LogP contribution in [0.3, 0.4) is 0 Å². The van der Waals surface area contributed by atoms with Gasteiger partial charge < -0.3 is 15.0 Å². The number of carbonyl (C=O) groups excluding carboxylic acids is 2. The summed E-state index contributed by atoms with van der Waals surface area (Å²) in [7, 11) is 1.61. The smallest absolute Gasteiger partial charge is 0.326 e. The average Bonchev–Trinajstić information content (AvgIpc) is 2.95. The van der Waals surface area contributed by atoms with Crippen molar-refractivity contribution >= 4 is 29.0 Å². The quantitative estimate of drug-likeness (QED) is 0.296. The second-order valence-electron chi connectivity index (χ2n) is 10.1. The largest absolute Gasteiger partial charge is 0.497 e. The lowest BCUT2D eigenvalue weighted by atomic mass is 9.88. The molecule has 0 aromatic heterocycles. The van der Waals surface area contributed by atoms with Crippen molar-refractivity contribution in [3.8, 4) is 5.75 Å². The number of benzene rings is 4. The van der Waals surface area contributed by atoms with Gasteiger partial charge in [-0.2, -0.15) is 0 Å². The maximum absolute atomic E-state index is 13.9. The molecule has 6 heteroatoms. The number of rotatable bonds is 5. The summed E-state index contributed by atoms with van der Waals surface area (Å²) in [6.07, 6.45) is 0.578. The van der Waals surface area contributed by atoms with Gasteiger partial charge in [0.2, 0.25) is 0 Å². The molecule has 5 rings (SSSR count). The number of anilines is 3. The maximum Gasteiger partial charge on any atom is 0.326 e. The summed E-state index contributed by atoms with van der Waals surface area (Å²) in [4.78, 5) is 31.4. The van der Waals surface area contributed by atoms with E-state index in [0.29, 0.717) is 17.7 Å². The Balaban J connectivity index is 1.58. The molecule has 4 aromatic carbocycles. The van der Waals surface area contributed by atoms with E-state index in [2.05, 4.69) is 11.4 Å². The molecule has 0 saturated heterocycles. The number of nitrogens with zero attached hydrogens (tertiary/aromatic N) is 2. The number of hydrogen-bond donors (Lipinski definition) is 1. The number of urea groups is 1. The number of aryl methyl sites for hydroxylation is 2. The van der Waals surface area contributed by atoms with Gasteiger partial charge in [-0.05, 0) is 87.4 Å². The van der Waals surface area contributed by atoms with Crippen molar-refractivity contribution < 1.29 is 14.3 Å². The van der Waals surface area contributed by atoms with Gasteiger partial charge in [-0.1, -0.05) is 53.6 Å². The Labute approximate surface area is 229 Å². The van der Waals surface area contributed by atoms with E-state index in [4.69, 9.17) is 4.74 Å². The van der Waals surface area contributed by atoms with E-state index in [0.717, 1.165) is 33.8 Å². The van der Waals surface area contributed by atoms with Gasteiger partial charge in [0.15, 0.2) is 0 Å². The lowest BCUT2D eigenvalue weighted by Crippen LogP contribution is -2.48. The Kier molecular flexibility index (Phi) is 7.37. The van der Waals surface area contributed by atoms with Gasteiger partial charge in [0, 0.05) is 28.7 Å². The highest BCUT2D eigenvalue weighted by atomic mass is 16.5. The molecule has 4 aromatic rings. The maximum atomic E-state index is 13.9. The van der Waals surface area contributed by atoms with Gasteiger partial charge in [0.1, 0.15) is 5.75 Å². The molecule has 0 aliphatic carbocycles. The molecule has 0 unspecified atom stereocenters. The van der Waals surface area contributed by atoms with Gasteiger partial charge >= 0.3 is 6.03 Å². The fourth-order valence-corrected chi connectivity index (χ4v) is 5.23. The molecule has 1 heterocycles. The van der Waals surface area contributed by atoms with Crippen molar-refractivity contribution in [1.82, 2.24) is 0 Å². The average molecular weight is 520 g/mol. The first-order valence-electron chi connectivity index (χ1n) is 13.2. The molecule has 0 fully saturated rings. The predicted octanol–water partition coefficient (Wildman–Crippen LogP) is 7.53. The van der Waals surface area contributed by atoms with Crippen LogP contribution in [-0.4, -0.2) is 25.1 Å². The highest BCUT2D eigenvalue weighted by Crippen LogP contribution is 2.43. The van der Waals surface area contributed by atoms with Crippen molar-refractivity contribution in [3.63, 3.8) is 0 Å². The first-order valence-corrected chi connectivity index (χ1v) is 13.2. The van der Waals surface area contributed by atoms with Crippen LogP contribution in [0.2, 0.25) is 0 Å². The standard InChI is InChI=1S/C33H33N3O3/c1-22-10-15-27(16-11-22)36(33(38)34-26-8-6-5-7-9-26)31-21-24(3)35(30-19-12-23(2)20-29(30)31)32(37)25-13-17-28(39-4)18-14-25/h5-20,24,31H,21H2,1-4H3,(H,34,38)/t24-,31+/m0/s1. The molecule has 0 radical (unpaired) electrons. The topological polar surface area (TPSA) is 61.9 Å². The third-order valence-electron chi connectivity index (χ3n) is 7.23. The highest BCUT2D eigenvalue weighted by molar-refractivity contribution is 6.08. The molecular weight excluding hydrogens is 486 g/mol. The van der Waals surface area contributed by atoms with Crippen molar-refractivity contribution in [2.24, 2.45) is 0 Å². The minimum Gasteiger partial charge on any atom is -0.497 e.